The molecule has 19 heavy (non-hydrogen) atoms. The van der Waals surface area contributed by atoms with Crippen LogP contribution < -0.4 is 14.9 Å². The van der Waals surface area contributed by atoms with Crippen LogP contribution in [0.3, 0.4) is 0 Å². The van der Waals surface area contributed by atoms with Crippen molar-refractivity contribution in [1.82, 2.24) is 14.9 Å². The van der Waals surface area contributed by atoms with E-state index in [0.717, 1.165) is 5.56 Å². The smallest absolute Gasteiger partial charge is 0.179 e. The van der Waals surface area contributed by atoms with Crippen molar-refractivity contribution >= 4 is 11.6 Å². The number of rotatable bonds is 6. The summed E-state index contributed by atoms with van der Waals surface area (Å²) in [7, 11) is 1.59. The van der Waals surface area contributed by atoms with Gasteiger partial charge >= 0.3 is 0 Å². The van der Waals surface area contributed by atoms with Crippen molar-refractivity contribution in [2.75, 3.05) is 19.1 Å². The van der Waals surface area contributed by atoms with Gasteiger partial charge in [0.25, 0.3) is 0 Å². The molecule has 0 aliphatic heterocycles. The number of aromatic nitrogens is 3. The van der Waals surface area contributed by atoms with E-state index < -0.39 is 0 Å². The maximum atomic E-state index is 6.19. The third kappa shape index (κ3) is 3.29. The maximum Gasteiger partial charge on any atom is 0.179 e. The molecule has 0 spiro atoms. The number of methoxy groups -OCH3 is 1. The van der Waals surface area contributed by atoms with E-state index in [2.05, 4.69) is 15.6 Å². The summed E-state index contributed by atoms with van der Waals surface area (Å²) in [5, 5.41) is 7.94. The molecule has 0 amide bonds. The Balaban J connectivity index is 2.15. The van der Waals surface area contributed by atoms with Gasteiger partial charge in [-0.2, -0.15) is 0 Å². The predicted molar refractivity (Wildman–Crippen MR) is 72.3 cm³/mol. The van der Waals surface area contributed by atoms with E-state index in [-0.39, 0.29) is 0 Å². The van der Waals surface area contributed by atoms with Gasteiger partial charge < -0.3 is 14.9 Å². The molecule has 0 atom stereocenters. The second-order valence-electron chi connectivity index (χ2n) is 3.75. The van der Waals surface area contributed by atoms with Crippen LogP contribution in [0.25, 0.3) is 0 Å². The highest BCUT2D eigenvalue weighted by molar-refractivity contribution is 6.32. The summed E-state index contributed by atoms with van der Waals surface area (Å²) in [6.07, 6.45) is 3.15. The third-order valence-electron chi connectivity index (χ3n) is 2.46. The van der Waals surface area contributed by atoms with E-state index in [1.807, 2.05) is 19.1 Å². The van der Waals surface area contributed by atoms with Crippen LogP contribution in [0, 0.1) is 0 Å². The van der Waals surface area contributed by atoms with Crippen molar-refractivity contribution in [2.24, 2.45) is 0 Å². The lowest BCUT2D eigenvalue weighted by Gasteiger charge is -2.13. The first-order valence-corrected chi connectivity index (χ1v) is 6.20. The Morgan fingerprint density at radius 2 is 2.05 bits per heavy atom. The van der Waals surface area contributed by atoms with Gasteiger partial charge in [0.05, 0.1) is 25.3 Å². The fourth-order valence-corrected chi connectivity index (χ4v) is 1.91. The zero-order valence-electron chi connectivity index (χ0n) is 10.8. The van der Waals surface area contributed by atoms with E-state index >= 15 is 0 Å². The summed E-state index contributed by atoms with van der Waals surface area (Å²) in [6, 6.07) is 3.72. The molecule has 7 heteroatoms. The summed E-state index contributed by atoms with van der Waals surface area (Å²) < 4.78 is 12.4. The Kier molecular flexibility index (Phi) is 4.46. The van der Waals surface area contributed by atoms with E-state index in [0.29, 0.717) is 29.7 Å². The Bertz CT molecular complexity index is 531. The van der Waals surface area contributed by atoms with Crippen LogP contribution in [-0.4, -0.2) is 28.6 Å². The Hall–Kier alpha value is -1.95. The van der Waals surface area contributed by atoms with Crippen molar-refractivity contribution < 1.29 is 9.47 Å². The van der Waals surface area contributed by atoms with Gasteiger partial charge in [-0.1, -0.05) is 11.6 Å². The lowest BCUT2D eigenvalue weighted by Crippen LogP contribution is -2.12. The largest absolute Gasteiger partial charge is 0.493 e. The monoisotopic (exact) mass is 282 g/mol. The second kappa shape index (κ2) is 6.29. The van der Waals surface area contributed by atoms with Gasteiger partial charge in [-0.15, -0.1) is 10.2 Å². The van der Waals surface area contributed by atoms with Crippen molar-refractivity contribution in [3.8, 4) is 11.5 Å². The van der Waals surface area contributed by atoms with Gasteiger partial charge in [0.2, 0.25) is 0 Å². The fourth-order valence-electron chi connectivity index (χ4n) is 1.62. The molecule has 2 rings (SSSR count). The van der Waals surface area contributed by atoms with E-state index in [9.17, 15) is 0 Å². The van der Waals surface area contributed by atoms with Gasteiger partial charge in [-0.3, -0.25) is 0 Å². The molecule has 1 aromatic heterocycles. The molecule has 1 N–H and O–H groups in total. The highest BCUT2D eigenvalue weighted by Gasteiger charge is 2.11. The first-order valence-electron chi connectivity index (χ1n) is 5.82. The summed E-state index contributed by atoms with van der Waals surface area (Å²) in [5.74, 6) is 1.19. The van der Waals surface area contributed by atoms with Crippen LogP contribution in [0.5, 0.6) is 11.5 Å². The number of halogens is 1. The van der Waals surface area contributed by atoms with Crippen LogP contribution in [0.15, 0.2) is 24.8 Å². The van der Waals surface area contributed by atoms with Crippen LogP contribution in [0.4, 0.5) is 0 Å². The Morgan fingerprint density at radius 3 is 2.68 bits per heavy atom. The van der Waals surface area contributed by atoms with Gasteiger partial charge in [0, 0.05) is 0 Å². The predicted octanol–water partition coefficient (Wildman–Crippen LogP) is 2.08. The van der Waals surface area contributed by atoms with E-state index in [1.54, 1.807) is 24.4 Å². The summed E-state index contributed by atoms with van der Waals surface area (Å²) in [5.41, 5.74) is 4.08. The quantitative estimate of drug-likeness (QED) is 0.879. The maximum absolute atomic E-state index is 6.19. The van der Waals surface area contributed by atoms with Crippen molar-refractivity contribution in [3.05, 3.63) is 35.4 Å². The first kappa shape index (κ1) is 13.5. The number of hydrogen-bond donors (Lipinski definition) is 1. The Labute approximate surface area is 116 Å². The molecule has 0 fully saturated rings. The molecule has 1 heterocycles. The zero-order chi connectivity index (χ0) is 13.7. The molecule has 0 aliphatic carbocycles. The molecule has 1 aromatic carbocycles. The second-order valence-corrected chi connectivity index (χ2v) is 4.15. The molecule has 0 saturated heterocycles. The number of benzene rings is 1. The highest BCUT2D eigenvalue weighted by atomic mass is 35.5. The lowest BCUT2D eigenvalue weighted by molar-refractivity contribution is 0.311. The number of nitrogens with one attached hydrogen (secondary N) is 1. The van der Waals surface area contributed by atoms with Crippen LogP contribution in [0.1, 0.15) is 12.5 Å². The minimum absolute atomic E-state index is 0.529. The number of hydrogen-bond acceptors (Lipinski definition) is 5. The van der Waals surface area contributed by atoms with Crippen molar-refractivity contribution in [2.45, 2.75) is 13.5 Å². The molecular formula is C12H15ClN4O2. The van der Waals surface area contributed by atoms with E-state index in [1.165, 1.54) is 0 Å². The molecule has 0 unspecified atom stereocenters. The first-order chi connectivity index (χ1) is 9.24. The SMILES string of the molecule is CCOc1c(Cl)cc(CNn2cnnc2)cc1OC. The minimum atomic E-state index is 0.529. The minimum Gasteiger partial charge on any atom is -0.493 e. The molecule has 0 saturated carbocycles. The van der Waals surface area contributed by atoms with Crippen LogP contribution >= 0.6 is 11.6 Å². The molecule has 0 bridgehead atoms. The van der Waals surface area contributed by atoms with Crippen molar-refractivity contribution in [1.29, 1.82) is 0 Å². The van der Waals surface area contributed by atoms with Gasteiger partial charge in [0.1, 0.15) is 12.7 Å². The molecule has 2 aromatic rings. The lowest BCUT2D eigenvalue weighted by atomic mass is 10.2. The number of ether oxygens (including phenoxy) is 2. The summed E-state index contributed by atoms with van der Waals surface area (Å²) >= 11 is 6.19. The molecule has 0 radical (unpaired) electrons. The fraction of sp³-hybridized carbons (Fsp3) is 0.333. The van der Waals surface area contributed by atoms with Gasteiger partial charge in [0.15, 0.2) is 11.5 Å². The van der Waals surface area contributed by atoms with Gasteiger partial charge in [-0.05, 0) is 24.6 Å². The highest BCUT2D eigenvalue weighted by Crippen LogP contribution is 2.36. The van der Waals surface area contributed by atoms with Gasteiger partial charge in [-0.25, -0.2) is 4.68 Å². The van der Waals surface area contributed by atoms with Crippen LogP contribution in [-0.2, 0) is 6.54 Å². The van der Waals surface area contributed by atoms with Crippen molar-refractivity contribution in [3.63, 3.8) is 0 Å². The Morgan fingerprint density at radius 1 is 1.32 bits per heavy atom. The summed E-state index contributed by atoms with van der Waals surface area (Å²) in [6.45, 7) is 3.01. The topological polar surface area (TPSA) is 61.2 Å². The molecule has 102 valence electrons. The molecule has 0 aliphatic rings. The number of nitrogens with zero attached hydrogens (tertiary/aromatic N) is 3. The average Bonchev–Trinajstić information content (AvgIpc) is 2.92. The third-order valence-corrected chi connectivity index (χ3v) is 2.74. The zero-order valence-corrected chi connectivity index (χ0v) is 11.5. The van der Waals surface area contributed by atoms with Crippen LogP contribution in [0.2, 0.25) is 5.02 Å². The molecule has 6 nitrogen and oxygen atoms in total. The summed E-state index contributed by atoms with van der Waals surface area (Å²) in [4.78, 5) is 0. The standard InChI is InChI=1S/C12H15ClN4O2/c1-3-19-12-10(13)4-9(5-11(12)18-2)6-16-17-7-14-15-8-17/h4-5,7-8,16H,3,6H2,1-2H3. The van der Waals surface area contributed by atoms with E-state index in [4.69, 9.17) is 21.1 Å². The normalized spacial score (nSPS) is 10.3. The average molecular weight is 283 g/mol. The molecular weight excluding hydrogens is 268 g/mol.